The highest BCUT2D eigenvalue weighted by atomic mass is 19.4. The van der Waals surface area contributed by atoms with Gasteiger partial charge in [0.1, 0.15) is 0 Å². The van der Waals surface area contributed by atoms with Gasteiger partial charge in [0, 0.05) is 6.61 Å². The molecular weight excluding hydrogens is 181 g/mol. The van der Waals surface area contributed by atoms with Gasteiger partial charge in [-0.1, -0.05) is 13.8 Å². The molecule has 0 aromatic heterocycles. The predicted molar refractivity (Wildman–Crippen MR) is 43.4 cm³/mol. The average Bonchev–Trinajstić information content (AvgIpc) is 1.80. The van der Waals surface area contributed by atoms with E-state index >= 15 is 0 Å². The monoisotopic (exact) mass is 196 g/mol. The maximum absolute atomic E-state index is 12.5. The van der Waals surface area contributed by atoms with Crippen LogP contribution in [0.4, 0.5) is 13.2 Å². The molecule has 0 spiro atoms. The molecule has 78 valence electrons. The lowest BCUT2D eigenvalue weighted by Crippen LogP contribution is -2.51. The van der Waals surface area contributed by atoms with Crippen molar-refractivity contribution in [3.05, 3.63) is 0 Å². The van der Waals surface area contributed by atoms with Crippen molar-refractivity contribution in [2.24, 2.45) is 5.41 Å². The third kappa shape index (κ3) is 2.16. The SMILES string of the molecule is CC1(C)CCOC(C)(C(F)(F)F)C1. The Labute approximate surface area is 76.3 Å². The summed E-state index contributed by atoms with van der Waals surface area (Å²) in [6, 6.07) is 0. The van der Waals surface area contributed by atoms with E-state index in [1.807, 2.05) is 13.8 Å². The molecule has 1 atom stereocenters. The van der Waals surface area contributed by atoms with Gasteiger partial charge in [0.05, 0.1) is 0 Å². The fourth-order valence-corrected chi connectivity index (χ4v) is 1.79. The second-order valence-electron chi connectivity index (χ2n) is 4.67. The predicted octanol–water partition coefficient (Wildman–Crippen LogP) is 3.14. The van der Waals surface area contributed by atoms with Crippen molar-refractivity contribution in [2.45, 2.75) is 45.4 Å². The molecule has 1 rings (SSSR count). The first-order chi connectivity index (χ1) is 5.66. The summed E-state index contributed by atoms with van der Waals surface area (Å²) in [5, 5.41) is 0. The Balaban J connectivity index is 2.81. The van der Waals surface area contributed by atoms with Crippen molar-refractivity contribution in [1.82, 2.24) is 0 Å². The van der Waals surface area contributed by atoms with Crippen LogP contribution >= 0.6 is 0 Å². The third-order valence-electron chi connectivity index (χ3n) is 2.62. The molecule has 0 aromatic carbocycles. The fourth-order valence-electron chi connectivity index (χ4n) is 1.79. The van der Waals surface area contributed by atoms with Crippen LogP contribution in [0, 0.1) is 5.41 Å². The normalized spacial score (nSPS) is 34.6. The summed E-state index contributed by atoms with van der Waals surface area (Å²) in [7, 11) is 0. The molecule has 1 heterocycles. The molecular formula is C9H15F3O. The van der Waals surface area contributed by atoms with E-state index in [2.05, 4.69) is 0 Å². The minimum absolute atomic E-state index is 0.0451. The van der Waals surface area contributed by atoms with Crippen molar-refractivity contribution < 1.29 is 17.9 Å². The van der Waals surface area contributed by atoms with Crippen LogP contribution in [0.2, 0.25) is 0 Å². The second-order valence-corrected chi connectivity index (χ2v) is 4.67. The van der Waals surface area contributed by atoms with Gasteiger partial charge < -0.3 is 4.74 Å². The van der Waals surface area contributed by atoms with Gasteiger partial charge in [-0.15, -0.1) is 0 Å². The summed E-state index contributed by atoms with van der Waals surface area (Å²) in [4.78, 5) is 0. The molecule has 1 aliphatic rings. The van der Waals surface area contributed by atoms with Gasteiger partial charge in [-0.05, 0) is 25.2 Å². The number of hydrogen-bond acceptors (Lipinski definition) is 1. The molecule has 4 heteroatoms. The number of hydrogen-bond donors (Lipinski definition) is 0. The van der Waals surface area contributed by atoms with Crippen molar-refractivity contribution in [3.63, 3.8) is 0 Å². The zero-order chi connectivity index (χ0) is 10.3. The Morgan fingerprint density at radius 2 is 1.69 bits per heavy atom. The number of alkyl halides is 3. The van der Waals surface area contributed by atoms with E-state index in [-0.39, 0.29) is 18.4 Å². The van der Waals surface area contributed by atoms with E-state index in [4.69, 9.17) is 4.74 Å². The molecule has 0 radical (unpaired) electrons. The van der Waals surface area contributed by atoms with E-state index in [0.717, 1.165) is 6.92 Å². The smallest absolute Gasteiger partial charge is 0.366 e. The quantitative estimate of drug-likeness (QED) is 0.578. The van der Waals surface area contributed by atoms with Crippen LogP contribution in [0.3, 0.4) is 0 Å². The van der Waals surface area contributed by atoms with Crippen LogP contribution in [0.1, 0.15) is 33.6 Å². The minimum atomic E-state index is -4.26. The Bertz CT molecular complexity index is 198. The Morgan fingerprint density at radius 3 is 2.00 bits per heavy atom. The van der Waals surface area contributed by atoms with Crippen LogP contribution in [-0.4, -0.2) is 18.4 Å². The number of halogens is 3. The molecule has 0 amide bonds. The first kappa shape index (κ1) is 10.8. The Hall–Kier alpha value is -0.250. The fraction of sp³-hybridized carbons (Fsp3) is 1.00. The molecule has 1 aliphatic heterocycles. The van der Waals surface area contributed by atoms with Crippen LogP contribution in [0.25, 0.3) is 0 Å². The topological polar surface area (TPSA) is 9.23 Å². The lowest BCUT2D eigenvalue weighted by molar-refractivity contribution is -0.294. The van der Waals surface area contributed by atoms with E-state index in [1.54, 1.807) is 0 Å². The van der Waals surface area contributed by atoms with E-state index in [9.17, 15) is 13.2 Å². The highest BCUT2D eigenvalue weighted by Gasteiger charge is 2.56. The first-order valence-corrected chi connectivity index (χ1v) is 4.37. The van der Waals surface area contributed by atoms with Gasteiger partial charge >= 0.3 is 6.18 Å². The summed E-state index contributed by atoms with van der Waals surface area (Å²) in [6.45, 7) is 5.02. The van der Waals surface area contributed by atoms with E-state index in [0.29, 0.717) is 6.42 Å². The maximum atomic E-state index is 12.5. The first-order valence-electron chi connectivity index (χ1n) is 4.37. The van der Waals surface area contributed by atoms with E-state index in [1.165, 1.54) is 0 Å². The Morgan fingerprint density at radius 1 is 1.15 bits per heavy atom. The molecule has 1 saturated heterocycles. The van der Waals surface area contributed by atoms with Crippen LogP contribution in [-0.2, 0) is 4.74 Å². The van der Waals surface area contributed by atoms with Crippen molar-refractivity contribution >= 4 is 0 Å². The third-order valence-corrected chi connectivity index (χ3v) is 2.62. The zero-order valence-corrected chi connectivity index (χ0v) is 8.16. The number of ether oxygens (including phenoxy) is 1. The summed E-state index contributed by atoms with van der Waals surface area (Å²) in [5.74, 6) is 0. The molecule has 0 saturated carbocycles. The van der Waals surface area contributed by atoms with E-state index < -0.39 is 11.8 Å². The van der Waals surface area contributed by atoms with Gasteiger partial charge in [-0.2, -0.15) is 13.2 Å². The van der Waals surface area contributed by atoms with Gasteiger partial charge in [-0.3, -0.25) is 0 Å². The molecule has 1 fully saturated rings. The lowest BCUT2D eigenvalue weighted by Gasteiger charge is -2.43. The summed E-state index contributed by atoms with van der Waals surface area (Å²) in [6.07, 6.45) is -3.52. The molecule has 0 N–H and O–H groups in total. The average molecular weight is 196 g/mol. The Kier molecular flexibility index (Phi) is 2.39. The highest BCUT2D eigenvalue weighted by Crippen LogP contribution is 2.46. The minimum Gasteiger partial charge on any atom is -0.366 e. The highest BCUT2D eigenvalue weighted by molar-refractivity contribution is 4.92. The van der Waals surface area contributed by atoms with Crippen LogP contribution < -0.4 is 0 Å². The van der Waals surface area contributed by atoms with Crippen LogP contribution in [0.5, 0.6) is 0 Å². The van der Waals surface area contributed by atoms with Crippen molar-refractivity contribution in [2.75, 3.05) is 6.61 Å². The second kappa shape index (κ2) is 2.87. The zero-order valence-electron chi connectivity index (χ0n) is 8.16. The molecule has 0 bridgehead atoms. The molecule has 0 aliphatic carbocycles. The van der Waals surface area contributed by atoms with Crippen molar-refractivity contribution in [3.8, 4) is 0 Å². The standard InChI is InChI=1S/C9H15F3O/c1-7(2)4-5-13-8(3,6-7)9(10,11)12/h4-6H2,1-3H3. The van der Waals surface area contributed by atoms with Gasteiger partial charge in [0.2, 0.25) is 0 Å². The summed E-state index contributed by atoms with van der Waals surface area (Å²) in [5.41, 5.74) is -2.22. The van der Waals surface area contributed by atoms with Crippen molar-refractivity contribution in [1.29, 1.82) is 0 Å². The maximum Gasteiger partial charge on any atom is 0.417 e. The number of rotatable bonds is 0. The molecule has 1 nitrogen and oxygen atoms in total. The molecule has 1 unspecified atom stereocenters. The van der Waals surface area contributed by atoms with Gasteiger partial charge in [-0.25, -0.2) is 0 Å². The lowest BCUT2D eigenvalue weighted by atomic mass is 9.76. The van der Waals surface area contributed by atoms with Gasteiger partial charge in [0.15, 0.2) is 5.60 Å². The van der Waals surface area contributed by atoms with Gasteiger partial charge in [0.25, 0.3) is 0 Å². The summed E-state index contributed by atoms with van der Waals surface area (Å²) >= 11 is 0. The summed E-state index contributed by atoms with van der Waals surface area (Å²) < 4.78 is 42.5. The van der Waals surface area contributed by atoms with Crippen LogP contribution in [0.15, 0.2) is 0 Å². The molecule has 13 heavy (non-hydrogen) atoms. The largest absolute Gasteiger partial charge is 0.417 e. The molecule has 0 aromatic rings.